The topological polar surface area (TPSA) is 66.9 Å². The zero-order chi connectivity index (χ0) is 21.2. The number of carbonyl (C=O) groups excluding carboxylic acids is 1. The molecule has 0 bridgehead atoms. The van der Waals surface area contributed by atoms with Crippen LogP contribution in [0.1, 0.15) is 30.4 Å². The van der Waals surface area contributed by atoms with Gasteiger partial charge in [0.05, 0.1) is 11.5 Å². The van der Waals surface area contributed by atoms with Crippen LogP contribution in [0.2, 0.25) is 0 Å². The largest absolute Gasteiger partial charge is 0.358 e. The molecule has 0 aliphatic carbocycles. The Balaban J connectivity index is 1.41. The summed E-state index contributed by atoms with van der Waals surface area (Å²) in [6, 6.07) is 16.9. The summed E-state index contributed by atoms with van der Waals surface area (Å²) in [5, 5.41) is 0. The second-order valence-electron chi connectivity index (χ2n) is 8.05. The molecule has 2 saturated heterocycles. The number of hydrogen-bond acceptors (Lipinski definition) is 4. The SMILES string of the molecule is Cc1ccc(S(=O)(=O)N2CCOC23CCN(C(=O)CCc2ccccc2)CC3)cc1. The maximum Gasteiger partial charge on any atom is 0.245 e. The number of nitrogens with zero attached hydrogens (tertiary/aromatic N) is 2. The molecule has 0 saturated carbocycles. The van der Waals surface area contributed by atoms with Crippen LogP contribution in [-0.4, -0.2) is 55.5 Å². The normalized spacial score (nSPS) is 19.3. The van der Waals surface area contributed by atoms with E-state index >= 15 is 0 Å². The maximum absolute atomic E-state index is 13.3. The van der Waals surface area contributed by atoms with Gasteiger partial charge in [0.15, 0.2) is 0 Å². The van der Waals surface area contributed by atoms with Crippen molar-refractivity contribution in [3.63, 3.8) is 0 Å². The second kappa shape index (κ2) is 8.49. The molecule has 1 amide bonds. The Morgan fingerprint density at radius 3 is 2.33 bits per heavy atom. The van der Waals surface area contributed by atoms with Crippen molar-refractivity contribution in [2.24, 2.45) is 0 Å². The van der Waals surface area contributed by atoms with Crippen molar-refractivity contribution in [1.82, 2.24) is 9.21 Å². The van der Waals surface area contributed by atoms with E-state index in [2.05, 4.69) is 0 Å². The number of sulfonamides is 1. The molecule has 2 aromatic rings. The summed E-state index contributed by atoms with van der Waals surface area (Å²) >= 11 is 0. The van der Waals surface area contributed by atoms with Crippen LogP contribution < -0.4 is 0 Å². The molecule has 30 heavy (non-hydrogen) atoms. The minimum absolute atomic E-state index is 0.111. The molecule has 0 radical (unpaired) electrons. The Hall–Kier alpha value is -2.22. The van der Waals surface area contributed by atoms with Gasteiger partial charge in [0.25, 0.3) is 0 Å². The van der Waals surface area contributed by atoms with Gasteiger partial charge in [-0.05, 0) is 31.0 Å². The molecule has 0 N–H and O–H groups in total. The molecule has 160 valence electrons. The van der Waals surface area contributed by atoms with Crippen LogP contribution in [0.25, 0.3) is 0 Å². The molecule has 6 nitrogen and oxygen atoms in total. The third kappa shape index (κ3) is 4.15. The second-order valence-corrected chi connectivity index (χ2v) is 9.91. The number of piperidine rings is 1. The molecule has 7 heteroatoms. The fraction of sp³-hybridized carbons (Fsp3) is 0.435. The van der Waals surface area contributed by atoms with Gasteiger partial charge in [-0.25, -0.2) is 8.42 Å². The number of likely N-dealkylation sites (tertiary alicyclic amines) is 1. The van der Waals surface area contributed by atoms with E-state index in [4.69, 9.17) is 4.74 Å². The highest BCUT2D eigenvalue weighted by molar-refractivity contribution is 7.89. The molecule has 4 rings (SSSR count). The lowest BCUT2D eigenvalue weighted by Crippen LogP contribution is -2.55. The number of benzene rings is 2. The summed E-state index contributed by atoms with van der Waals surface area (Å²) in [6.07, 6.45) is 2.17. The summed E-state index contributed by atoms with van der Waals surface area (Å²) in [5.74, 6) is 0.111. The van der Waals surface area contributed by atoms with E-state index in [-0.39, 0.29) is 5.91 Å². The molecule has 0 unspecified atom stereocenters. The van der Waals surface area contributed by atoms with Crippen molar-refractivity contribution >= 4 is 15.9 Å². The van der Waals surface area contributed by atoms with Gasteiger partial charge < -0.3 is 9.64 Å². The summed E-state index contributed by atoms with van der Waals surface area (Å²) < 4.78 is 34.0. The first-order chi connectivity index (χ1) is 14.4. The Morgan fingerprint density at radius 1 is 1.00 bits per heavy atom. The van der Waals surface area contributed by atoms with Gasteiger partial charge in [0, 0.05) is 38.9 Å². The van der Waals surface area contributed by atoms with Crippen LogP contribution >= 0.6 is 0 Å². The first-order valence-electron chi connectivity index (χ1n) is 10.5. The highest BCUT2D eigenvalue weighted by atomic mass is 32.2. The molecular weight excluding hydrogens is 400 g/mol. The van der Waals surface area contributed by atoms with E-state index in [1.807, 2.05) is 54.3 Å². The number of hydrogen-bond donors (Lipinski definition) is 0. The van der Waals surface area contributed by atoms with Crippen LogP contribution in [0.3, 0.4) is 0 Å². The molecule has 2 aliphatic heterocycles. The maximum atomic E-state index is 13.3. The summed E-state index contributed by atoms with van der Waals surface area (Å²) in [7, 11) is -3.64. The Kier molecular flexibility index (Phi) is 5.95. The Labute approximate surface area is 178 Å². The summed E-state index contributed by atoms with van der Waals surface area (Å²) in [6.45, 7) is 3.67. The minimum Gasteiger partial charge on any atom is -0.358 e. The van der Waals surface area contributed by atoms with Gasteiger partial charge in [-0.2, -0.15) is 4.31 Å². The lowest BCUT2D eigenvalue weighted by molar-refractivity contribution is -0.140. The molecule has 2 heterocycles. The highest BCUT2D eigenvalue weighted by Gasteiger charge is 2.50. The van der Waals surface area contributed by atoms with E-state index in [9.17, 15) is 13.2 Å². The van der Waals surface area contributed by atoms with E-state index in [1.54, 1.807) is 12.1 Å². The molecule has 0 aromatic heterocycles. The van der Waals surface area contributed by atoms with Gasteiger partial charge in [0.1, 0.15) is 5.72 Å². The van der Waals surface area contributed by atoms with E-state index in [0.29, 0.717) is 56.8 Å². The van der Waals surface area contributed by atoms with Crippen LogP contribution in [0.5, 0.6) is 0 Å². The van der Waals surface area contributed by atoms with Gasteiger partial charge >= 0.3 is 0 Å². The van der Waals surface area contributed by atoms with Crippen molar-refractivity contribution < 1.29 is 17.9 Å². The van der Waals surface area contributed by atoms with Crippen LogP contribution in [0.4, 0.5) is 0 Å². The quantitative estimate of drug-likeness (QED) is 0.734. The number of carbonyl (C=O) groups is 1. The third-order valence-corrected chi connectivity index (χ3v) is 8.06. The number of ether oxygens (including phenoxy) is 1. The molecule has 2 aromatic carbocycles. The van der Waals surface area contributed by atoms with Gasteiger partial charge in [-0.3, -0.25) is 4.79 Å². The van der Waals surface area contributed by atoms with Gasteiger partial charge in [0.2, 0.25) is 15.9 Å². The van der Waals surface area contributed by atoms with Crippen LogP contribution in [-0.2, 0) is 26.0 Å². The number of rotatable bonds is 5. The van der Waals surface area contributed by atoms with Crippen LogP contribution in [0.15, 0.2) is 59.5 Å². The first-order valence-corrected chi connectivity index (χ1v) is 11.9. The average Bonchev–Trinajstić information content (AvgIpc) is 3.17. The Morgan fingerprint density at radius 2 is 1.67 bits per heavy atom. The third-order valence-electron chi connectivity index (χ3n) is 6.10. The molecule has 0 atom stereocenters. The number of amides is 1. The summed E-state index contributed by atoms with van der Waals surface area (Å²) in [5.41, 5.74) is 1.32. The van der Waals surface area contributed by atoms with Crippen molar-refractivity contribution in [3.8, 4) is 0 Å². The smallest absolute Gasteiger partial charge is 0.245 e. The predicted octanol–water partition coefficient (Wildman–Crippen LogP) is 2.97. The average molecular weight is 429 g/mol. The van der Waals surface area contributed by atoms with E-state index < -0.39 is 15.7 Å². The zero-order valence-electron chi connectivity index (χ0n) is 17.3. The van der Waals surface area contributed by atoms with Crippen LogP contribution in [0, 0.1) is 6.92 Å². The number of aryl methyl sites for hydroxylation is 2. The monoisotopic (exact) mass is 428 g/mol. The zero-order valence-corrected chi connectivity index (χ0v) is 18.1. The van der Waals surface area contributed by atoms with Crippen molar-refractivity contribution in [2.75, 3.05) is 26.2 Å². The first kappa shape index (κ1) is 21.0. The highest BCUT2D eigenvalue weighted by Crippen LogP contribution is 2.38. The molecule has 2 aliphatic rings. The van der Waals surface area contributed by atoms with Gasteiger partial charge in [-0.15, -0.1) is 0 Å². The predicted molar refractivity (Wildman–Crippen MR) is 114 cm³/mol. The minimum atomic E-state index is -3.64. The fourth-order valence-corrected chi connectivity index (χ4v) is 6.05. The molecular formula is C23H28N2O4S. The Bertz CT molecular complexity index is 982. The molecule has 1 spiro atoms. The lowest BCUT2D eigenvalue weighted by Gasteiger charge is -2.42. The van der Waals surface area contributed by atoms with Gasteiger partial charge in [-0.1, -0.05) is 48.0 Å². The van der Waals surface area contributed by atoms with Crippen molar-refractivity contribution in [1.29, 1.82) is 0 Å². The molecule has 2 fully saturated rings. The van der Waals surface area contributed by atoms with E-state index in [0.717, 1.165) is 11.1 Å². The van der Waals surface area contributed by atoms with Crippen molar-refractivity contribution in [3.05, 3.63) is 65.7 Å². The fourth-order valence-electron chi connectivity index (χ4n) is 4.32. The van der Waals surface area contributed by atoms with Crippen molar-refractivity contribution in [2.45, 2.75) is 43.2 Å². The summed E-state index contributed by atoms with van der Waals surface area (Å²) in [4.78, 5) is 14.8. The standard InChI is InChI=1S/C23H28N2O4S/c1-19-7-10-21(11-8-19)30(27,28)25-17-18-29-23(25)13-15-24(16-14-23)22(26)12-9-20-5-3-2-4-6-20/h2-8,10-11H,9,12-18H2,1H3. The lowest BCUT2D eigenvalue weighted by atomic mass is 10.00. The van der Waals surface area contributed by atoms with E-state index in [1.165, 1.54) is 4.31 Å².